The lowest BCUT2D eigenvalue weighted by atomic mass is 10.1. The average molecular weight is 327 g/mol. The van der Waals surface area contributed by atoms with Crippen LogP contribution in [-0.2, 0) is 18.3 Å². The molecule has 24 heavy (non-hydrogen) atoms. The summed E-state index contributed by atoms with van der Waals surface area (Å²) in [7, 11) is 1.92. The van der Waals surface area contributed by atoms with Crippen LogP contribution in [0.4, 0.5) is 0 Å². The highest BCUT2D eigenvalue weighted by atomic mass is 16.3. The average Bonchev–Trinajstić information content (AvgIpc) is 3.03. The molecule has 3 atom stereocenters. The van der Waals surface area contributed by atoms with Crippen LogP contribution in [0.25, 0.3) is 0 Å². The first-order chi connectivity index (χ1) is 11.6. The zero-order valence-corrected chi connectivity index (χ0v) is 14.4. The normalized spacial score (nSPS) is 26.1. The minimum absolute atomic E-state index is 0.186. The second kappa shape index (κ2) is 6.11. The summed E-state index contributed by atoms with van der Waals surface area (Å²) in [5.41, 5.74) is 1.14. The van der Waals surface area contributed by atoms with Crippen LogP contribution in [-0.4, -0.2) is 27.1 Å². The van der Waals surface area contributed by atoms with Crippen molar-refractivity contribution in [3.63, 3.8) is 0 Å². The van der Waals surface area contributed by atoms with Gasteiger partial charge in [-0.2, -0.15) is 5.10 Å². The van der Waals surface area contributed by atoms with Gasteiger partial charge in [0.2, 0.25) is 5.91 Å². The van der Waals surface area contributed by atoms with E-state index in [0.717, 1.165) is 42.4 Å². The SMILES string of the molecule is C[C@@H]1C[C@H]1c1ccc(CCC(=O)N2CCC[C@@H]2c2cnn(C)c2)o1. The maximum atomic E-state index is 12.7. The van der Waals surface area contributed by atoms with Crippen molar-refractivity contribution in [1.82, 2.24) is 14.7 Å². The number of likely N-dealkylation sites (tertiary alicyclic amines) is 1. The second-order valence-electron chi connectivity index (χ2n) is 7.32. The van der Waals surface area contributed by atoms with E-state index in [1.807, 2.05) is 30.4 Å². The van der Waals surface area contributed by atoms with Gasteiger partial charge in [0.25, 0.3) is 0 Å². The van der Waals surface area contributed by atoms with Crippen LogP contribution in [0.15, 0.2) is 28.9 Å². The molecule has 1 saturated heterocycles. The molecule has 128 valence electrons. The van der Waals surface area contributed by atoms with Gasteiger partial charge in [0.05, 0.1) is 12.2 Å². The quantitative estimate of drug-likeness (QED) is 0.845. The Hall–Kier alpha value is -2.04. The number of aromatic nitrogens is 2. The van der Waals surface area contributed by atoms with E-state index in [1.165, 1.54) is 6.42 Å². The van der Waals surface area contributed by atoms with Crippen LogP contribution in [0.3, 0.4) is 0 Å². The zero-order chi connectivity index (χ0) is 16.7. The van der Waals surface area contributed by atoms with E-state index >= 15 is 0 Å². The van der Waals surface area contributed by atoms with Crippen molar-refractivity contribution in [2.75, 3.05) is 6.54 Å². The van der Waals surface area contributed by atoms with Gasteiger partial charge in [-0.3, -0.25) is 9.48 Å². The Morgan fingerprint density at radius 3 is 2.96 bits per heavy atom. The first kappa shape index (κ1) is 15.5. The number of furan rings is 1. The number of hydrogen-bond acceptors (Lipinski definition) is 3. The highest BCUT2D eigenvalue weighted by molar-refractivity contribution is 5.77. The van der Waals surface area contributed by atoms with Crippen LogP contribution < -0.4 is 0 Å². The van der Waals surface area contributed by atoms with Crippen LogP contribution in [0.1, 0.15) is 61.7 Å². The van der Waals surface area contributed by atoms with Crippen LogP contribution in [0.5, 0.6) is 0 Å². The smallest absolute Gasteiger partial charge is 0.223 e. The van der Waals surface area contributed by atoms with Gasteiger partial charge in [0.1, 0.15) is 11.5 Å². The summed E-state index contributed by atoms with van der Waals surface area (Å²) in [5.74, 6) is 3.60. The van der Waals surface area contributed by atoms with Gasteiger partial charge in [0, 0.05) is 44.1 Å². The van der Waals surface area contributed by atoms with E-state index in [2.05, 4.69) is 18.1 Å². The van der Waals surface area contributed by atoms with Crippen molar-refractivity contribution in [1.29, 1.82) is 0 Å². The van der Waals surface area contributed by atoms with Gasteiger partial charge in [0.15, 0.2) is 0 Å². The number of nitrogens with zero attached hydrogens (tertiary/aromatic N) is 3. The summed E-state index contributed by atoms with van der Waals surface area (Å²) in [4.78, 5) is 14.7. The zero-order valence-electron chi connectivity index (χ0n) is 14.4. The summed E-state index contributed by atoms with van der Waals surface area (Å²) >= 11 is 0. The van der Waals surface area contributed by atoms with Gasteiger partial charge in [-0.05, 0) is 37.3 Å². The number of hydrogen-bond donors (Lipinski definition) is 0. The number of amides is 1. The molecule has 4 rings (SSSR count). The lowest BCUT2D eigenvalue weighted by Crippen LogP contribution is -2.30. The Bertz CT molecular complexity index is 733. The van der Waals surface area contributed by atoms with Crippen molar-refractivity contribution < 1.29 is 9.21 Å². The fraction of sp³-hybridized carbons (Fsp3) is 0.579. The Labute approximate surface area is 142 Å². The molecule has 2 aliphatic rings. The van der Waals surface area contributed by atoms with E-state index in [4.69, 9.17) is 4.42 Å². The molecule has 1 aliphatic heterocycles. The molecule has 0 bridgehead atoms. The highest BCUT2D eigenvalue weighted by Crippen LogP contribution is 2.47. The molecule has 2 fully saturated rings. The molecule has 0 unspecified atom stereocenters. The van der Waals surface area contributed by atoms with E-state index in [-0.39, 0.29) is 11.9 Å². The molecule has 5 nitrogen and oxygen atoms in total. The number of carbonyl (C=O) groups excluding carboxylic acids is 1. The van der Waals surface area contributed by atoms with Crippen LogP contribution in [0.2, 0.25) is 0 Å². The Balaban J connectivity index is 1.36. The maximum absolute atomic E-state index is 12.7. The lowest BCUT2D eigenvalue weighted by Gasteiger charge is -2.23. The van der Waals surface area contributed by atoms with E-state index in [0.29, 0.717) is 18.8 Å². The van der Waals surface area contributed by atoms with Gasteiger partial charge in [-0.25, -0.2) is 0 Å². The van der Waals surface area contributed by atoms with Crippen LogP contribution in [0, 0.1) is 5.92 Å². The monoisotopic (exact) mass is 327 g/mol. The van der Waals surface area contributed by atoms with Crippen molar-refractivity contribution in [3.05, 3.63) is 41.6 Å². The van der Waals surface area contributed by atoms with Gasteiger partial charge < -0.3 is 9.32 Å². The Morgan fingerprint density at radius 2 is 2.25 bits per heavy atom. The summed E-state index contributed by atoms with van der Waals surface area (Å²) in [6.45, 7) is 3.10. The van der Waals surface area contributed by atoms with Gasteiger partial charge in [-0.15, -0.1) is 0 Å². The maximum Gasteiger partial charge on any atom is 0.223 e. The predicted molar refractivity (Wildman–Crippen MR) is 90.4 cm³/mol. The largest absolute Gasteiger partial charge is 0.466 e. The molecular formula is C19H25N3O2. The molecule has 1 aliphatic carbocycles. The molecule has 0 spiro atoms. The number of rotatable bonds is 5. The molecule has 0 radical (unpaired) electrons. The first-order valence-electron chi connectivity index (χ1n) is 8.98. The van der Waals surface area contributed by atoms with Gasteiger partial charge in [-0.1, -0.05) is 6.92 Å². The molecule has 2 aromatic heterocycles. The molecule has 0 aromatic carbocycles. The summed E-state index contributed by atoms with van der Waals surface area (Å²) in [5, 5.41) is 4.24. The fourth-order valence-corrected chi connectivity index (χ4v) is 3.84. The fourth-order valence-electron chi connectivity index (χ4n) is 3.84. The van der Waals surface area contributed by atoms with Crippen molar-refractivity contribution >= 4 is 5.91 Å². The predicted octanol–water partition coefficient (Wildman–Crippen LogP) is 3.43. The summed E-state index contributed by atoms with van der Waals surface area (Å²) in [6.07, 6.45) is 8.43. The number of aryl methyl sites for hydroxylation is 2. The van der Waals surface area contributed by atoms with Crippen molar-refractivity contribution in [2.24, 2.45) is 13.0 Å². The standard InChI is InChI=1S/C19H25N3O2/c1-13-10-16(13)18-7-5-15(24-18)6-8-19(23)22-9-3-4-17(22)14-11-20-21(2)12-14/h5,7,11-13,16-17H,3-4,6,8-10H2,1-2H3/t13-,16-,17-/m1/s1. The third kappa shape index (κ3) is 2.99. The van der Waals surface area contributed by atoms with E-state index < -0.39 is 0 Å². The molecule has 1 amide bonds. The van der Waals surface area contributed by atoms with Crippen molar-refractivity contribution in [3.8, 4) is 0 Å². The molecule has 0 N–H and O–H groups in total. The van der Waals surface area contributed by atoms with E-state index in [1.54, 1.807) is 4.68 Å². The summed E-state index contributed by atoms with van der Waals surface area (Å²) < 4.78 is 7.73. The third-order valence-electron chi connectivity index (χ3n) is 5.43. The molecule has 5 heteroatoms. The Kier molecular flexibility index (Phi) is 3.94. The molecule has 1 saturated carbocycles. The van der Waals surface area contributed by atoms with Crippen LogP contribution >= 0.6 is 0 Å². The van der Waals surface area contributed by atoms with E-state index in [9.17, 15) is 4.79 Å². The molecule has 3 heterocycles. The van der Waals surface area contributed by atoms with Crippen molar-refractivity contribution in [2.45, 2.75) is 51.0 Å². The number of carbonyl (C=O) groups is 1. The second-order valence-corrected chi connectivity index (χ2v) is 7.32. The minimum atomic E-state index is 0.186. The Morgan fingerprint density at radius 1 is 1.42 bits per heavy atom. The highest BCUT2D eigenvalue weighted by Gasteiger charge is 2.36. The summed E-state index contributed by atoms with van der Waals surface area (Å²) in [6, 6.07) is 4.31. The minimum Gasteiger partial charge on any atom is -0.466 e. The first-order valence-corrected chi connectivity index (χ1v) is 8.98. The molecule has 2 aromatic rings. The van der Waals surface area contributed by atoms with Gasteiger partial charge >= 0.3 is 0 Å². The lowest BCUT2D eigenvalue weighted by molar-refractivity contribution is -0.132. The third-order valence-corrected chi connectivity index (χ3v) is 5.43. The topological polar surface area (TPSA) is 51.3 Å². The molecular weight excluding hydrogens is 302 g/mol.